The van der Waals surface area contributed by atoms with Gasteiger partial charge in [-0.2, -0.15) is 0 Å². The molecule has 2 nitrogen and oxygen atoms in total. The molecule has 4 heteroatoms. The molecular weight excluding hydrogens is 139 g/mol. The van der Waals surface area contributed by atoms with Gasteiger partial charge in [0, 0.05) is 6.04 Å². The Bertz CT molecular complexity index is 96.7. The van der Waals surface area contributed by atoms with Gasteiger partial charge in [-0.1, -0.05) is 13.1 Å². The number of carboxylic acids is 1. The normalized spacial score (nSPS) is 11.4. The fraction of sp³-hybridized carbons (Fsp3) is 0.750. The van der Waals surface area contributed by atoms with E-state index >= 15 is 0 Å². The van der Waals surface area contributed by atoms with Gasteiger partial charge in [0.25, 0.3) is 0 Å². The van der Waals surface area contributed by atoms with Crippen LogP contribution in [0.25, 0.3) is 0 Å². The van der Waals surface area contributed by atoms with Gasteiger partial charge in [0.1, 0.15) is 0 Å². The summed E-state index contributed by atoms with van der Waals surface area (Å²) in [5, 5.41) is 8.27. The van der Waals surface area contributed by atoms with Gasteiger partial charge in [-0.3, -0.25) is 4.79 Å². The number of hydrogen-bond donors (Lipinski definition) is 1. The topological polar surface area (TPSA) is 37.3 Å². The third-order valence-electron chi connectivity index (χ3n) is 0.607. The zero-order chi connectivity index (χ0) is 6.78. The molecule has 1 unspecified atom stereocenters. The molecule has 0 aliphatic carbocycles. The van der Waals surface area contributed by atoms with Crippen molar-refractivity contribution in [3.63, 3.8) is 0 Å². The first kappa shape index (κ1) is 8.12. The highest BCUT2D eigenvalue weighted by Gasteiger charge is 2.16. The van der Waals surface area contributed by atoms with Gasteiger partial charge in [-0.25, -0.2) is 0 Å². The molecule has 1 N–H and O–H groups in total. The Morgan fingerprint density at radius 3 is 2.12 bits per heavy atom. The lowest BCUT2D eigenvalue weighted by Crippen LogP contribution is -2.19. The van der Waals surface area contributed by atoms with Crippen LogP contribution in [0.15, 0.2) is 0 Å². The maximum atomic E-state index is 10.0. The monoisotopic (exact) mass is 150 g/mol. The smallest absolute Gasteiger partial charge is 0.300 e. The van der Waals surface area contributed by atoms with Crippen molar-refractivity contribution in [3.8, 4) is 0 Å². The molecule has 0 saturated carbocycles. The first-order valence-corrected chi connectivity index (χ1v) is 7.44. The second-order valence-corrected chi connectivity index (χ2v) is 11.6. The predicted octanol–water partition coefficient (Wildman–Crippen LogP) is 1.15. The molecule has 8 heavy (non-hydrogen) atoms. The Hall–Kier alpha value is 0.117. The highest BCUT2D eigenvalue weighted by molar-refractivity contribution is 7.68. The van der Waals surface area contributed by atoms with Gasteiger partial charge in [0.15, 0.2) is 0 Å². The number of aliphatic carboxylic acids is 1. The third-order valence-corrected chi connectivity index (χ3v) is 2.43. The van der Waals surface area contributed by atoms with E-state index in [0.717, 1.165) is 0 Å². The minimum Gasteiger partial charge on any atom is -0.481 e. The van der Waals surface area contributed by atoms with Crippen molar-refractivity contribution in [3.05, 3.63) is 0 Å². The van der Waals surface area contributed by atoms with Crippen LogP contribution < -0.4 is 0 Å². The summed E-state index contributed by atoms with van der Waals surface area (Å²) in [6.45, 7) is 4.01. The largest absolute Gasteiger partial charge is 0.481 e. The molecule has 0 rings (SSSR count). The number of hydrogen-bond acceptors (Lipinski definition) is 1. The lowest BCUT2D eigenvalue weighted by Gasteiger charge is -2.09. The van der Waals surface area contributed by atoms with Crippen molar-refractivity contribution in [2.75, 3.05) is 0 Å². The number of carbonyl (C=O) groups is 1. The summed E-state index contributed by atoms with van der Waals surface area (Å²) in [5.74, 6) is -0.684. The highest BCUT2D eigenvalue weighted by atomic mass is 31.3. The molecule has 0 heterocycles. The molecule has 0 aromatic rings. The van der Waals surface area contributed by atoms with E-state index in [4.69, 9.17) is 5.11 Å². The third kappa shape index (κ3) is 6.12. The van der Waals surface area contributed by atoms with Crippen LogP contribution in [0.5, 0.6) is 0 Å². The lowest BCUT2D eigenvalue weighted by molar-refractivity contribution is -0.134. The minimum absolute atomic E-state index is 0.345. The van der Waals surface area contributed by atoms with Gasteiger partial charge in [-0.15, -0.1) is 8.79 Å². The minimum atomic E-state index is -1.40. The lowest BCUT2D eigenvalue weighted by atomic mass is 10.8. The van der Waals surface area contributed by atoms with Crippen molar-refractivity contribution < 1.29 is 9.90 Å². The molecule has 0 aromatic heterocycles. The van der Waals surface area contributed by atoms with Gasteiger partial charge in [-0.05, 0) is 0 Å². The van der Waals surface area contributed by atoms with Crippen LogP contribution in [0.3, 0.4) is 0 Å². The molecular formula is C4H11O2PSi. The SMILES string of the molecule is C[Si](C)(P)CC(=O)O. The van der Waals surface area contributed by atoms with Gasteiger partial charge in [0.05, 0.1) is 7.74 Å². The molecule has 1 atom stereocenters. The van der Waals surface area contributed by atoms with E-state index < -0.39 is 13.7 Å². The summed E-state index contributed by atoms with van der Waals surface area (Å²) in [5.41, 5.74) is 0. The molecule has 0 fully saturated rings. The van der Waals surface area contributed by atoms with E-state index in [1.807, 2.05) is 13.1 Å². The highest BCUT2D eigenvalue weighted by Crippen LogP contribution is 2.15. The Morgan fingerprint density at radius 1 is 1.75 bits per heavy atom. The van der Waals surface area contributed by atoms with Crippen molar-refractivity contribution in [2.45, 2.75) is 19.1 Å². The fourth-order valence-corrected chi connectivity index (χ4v) is 1.69. The maximum absolute atomic E-state index is 10.0. The van der Waals surface area contributed by atoms with E-state index in [1.54, 1.807) is 0 Å². The maximum Gasteiger partial charge on any atom is 0.300 e. The molecule has 0 bridgehead atoms. The second-order valence-electron chi connectivity index (χ2n) is 2.56. The molecule has 0 saturated heterocycles. The average molecular weight is 150 g/mol. The van der Waals surface area contributed by atoms with E-state index in [9.17, 15) is 4.79 Å². The second kappa shape index (κ2) is 2.60. The first-order chi connectivity index (χ1) is 3.42. The zero-order valence-corrected chi connectivity index (χ0v) is 7.29. The average Bonchev–Trinajstić information content (AvgIpc) is 1.21. The van der Waals surface area contributed by atoms with Gasteiger partial charge >= 0.3 is 5.97 Å². The van der Waals surface area contributed by atoms with Crippen molar-refractivity contribution in [2.24, 2.45) is 0 Å². The van der Waals surface area contributed by atoms with Gasteiger partial charge in [0.2, 0.25) is 0 Å². The molecule has 0 aromatic carbocycles. The predicted molar refractivity (Wildman–Crippen MR) is 39.6 cm³/mol. The van der Waals surface area contributed by atoms with E-state index in [2.05, 4.69) is 8.79 Å². The summed E-state index contributed by atoms with van der Waals surface area (Å²) in [6.07, 6.45) is 0. The van der Waals surface area contributed by atoms with Crippen LogP contribution in [0.1, 0.15) is 0 Å². The van der Waals surface area contributed by atoms with Gasteiger partial charge < -0.3 is 5.11 Å². The zero-order valence-electron chi connectivity index (χ0n) is 5.14. The fourth-order valence-electron chi connectivity index (χ4n) is 0.390. The van der Waals surface area contributed by atoms with Crippen LogP contribution in [-0.2, 0) is 4.79 Å². The Labute approximate surface area is 52.4 Å². The summed E-state index contributed by atoms with van der Waals surface area (Å²) in [6, 6.07) is 0.345. The van der Waals surface area contributed by atoms with Crippen LogP contribution in [0, 0.1) is 0 Å². The van der Waals surface area contributed by atoms with Crippen LogP contribution in [0.4, 0.5) is 0 Å². The Balaban J connectivity index is 3.55. The molecule has 0 aliphatic heterocycles. The van der Waals surface area contributed by atoms with Crippen molar-refractivity contribution in [1.82, 2.24) is 0 Å². The standard InChI is InChI=1S/C4H11O2PSi/c1-8(2,7)3-4(5)6/h3,7H2,1-2H3,(H,5,6). The summed E-state index contributed by atoms with van der Waals surface area (Å²) in [7, 11) is 1.21. The summed E-state index contributed by atoms with van der Waals surface area (Å²) >= 11 is 0. The van der Waals surface area contributed by atoms with E-state index in [0.29, 0.717) is 6.04 Å². The summed E-state index contributed by atoms with van der Waals surface area (Å²) < 4.78 is 0. The van der Waals surface area contributed by atoms with E-state index in [-0.39, 0.29) is 0 Å². The molecule has 0 radical (unpaired) electrons. The molecule has 48 valence electrons. The molecule has 0 spiro atoms. The number of carboxylic acid groups (broad SMARTS) is 1. The van der Waals surface area contributed by atoms with Crippen molar-refractivity contribution in [1.29, 1.82) is 0 Å². The Morgan fingerprint density at radius 2 is 2.12 bits per heavy atom. The van der Waals surface area contributed by atoms with Crippen LogP contribution in [0.2, 0.25) is 19.1 Å². The summed E-state index contributed by atoms with van der Waals surface area (Å²) in [4.78, 5) is 10.0. The van der Waals surface area contributed by atoms with Crippen molar-refractivity contribution >= 4 is 22.5 Å². The number of rotatable bonds is 2. The van der Waals surface area contributed by atoms with Crippen LogP contribution in [-0.4, -0.2) is 18.8 Å². The molecule has 0 amide bonds. The van der Waals surface area contributed by atoms with Crippen LogP contribution >= 0.6 is 8.79 Å². The molecule has 0 aliphatic rings. The van der Waals surface area contributed by atoms with E-state index in [1.165, 1.54) is 0 Å². The quantitative estimate of drug-likeness (QED) is 0.473. The first-order valence-electron chi connectivity index (χ1n) is 2.42. The Kier molecular flexibility index (Phi) is 2.64.